The summed E-state index contributed by atoms with van der Waals surface area (Å²) >= 11 is 0. The highest BCUT2D eigenvalue weighted by Gasteiger charge is 2.45. The zero-order chi connectivity index (χ0) is 11.6. The van der Waals surface area contributed by atoms with Crippen LogP contribution in [-0.2, 0) is 9.59 Å². The summed E-state index contributed by atoms with van der Waals surface area (Å²) in [6.45, 7) is 1.99. The van der Waals surface area contributed by atoms with Gasteiger partial charge in [-0.05, 0) is 18.3 Å². The van der Waals surface area contributed by atoms with Gasteiger partial charge in [-0.1, -0.05) is 39.0 Å². The molecule has 1 heterocycles. The summed E-state index contributed by atoms with van der Waals surface area (Å²) in [5.74, 6) is -0.121. The lowest BCUT2D eigenvalue weighted by Gasteiger charge is -2.42. The topological polar surface area (TPSA) is 46.2 Å². The molecule has 2 fully saturated rings. The van der Waals surface area contributed by atoms with Crippen molar-refractivity contribution in [3.05, 3.63) is 0 Å². The summed E-state index contributed by atoms with van der Waals surface area (Å²) in [5, 5.41) is 2.46. The molecule has 3 heteroatoms. The molecule has 0 aromatic carbocycles. The Bertz CT molecular complexity index is 290. The molecule has 1 saturated heterocycles. The van der Waals surface area contributed by atoms with Crippen molar-refractivity contribution >= 4 is 11.8 Å². The maximum Gasteiger partial charge on any atom is 0.229 e. The largest absolute Gasteiger partial charge is 0.296 e. The number of hydrogen-bond acceptors (Lipinski definition) is 2. The third kappa shape index (κ3) is 2.13. The van der Waals surface area contributed by atoms with Crippen LogP contribution in [0.3, 0.4) is 0 Å². The molecule has 3 nitrogen and oxygen atoms in total. The van der Waals surface area contributed by atoms with E-state index in [-0.39, 0.29) is 23.1 Å². The Kier molecular flexibility index (Phi) is 3.31. The summed E-state index contributed by atoms with van der Waals surface area (Å²) < 4.78 is 0. The van der Waals surface area contributed by atoms with Crippen LogP contribution in [0.5, 0.6) is 0 Å². The molecule has 0 bridgehead atoms. The standard InChI is InChI=1S/C13H21NO2/c1-10-12(16)14-11(15)9-13(10)7-5-3-2-4-6-8-13/h10H,2-9H2,1H3,(H,14,15,16). The Labute approximate surface area is 97.0 Å². The highest BCUT2D eigenvalue weighted by molar-refractivity contribution is 5.99. The van der Waals surface area contributed by atoms with Crippen LogP contribution in [0.25, 0.3) is 0 Å². The number of piperidine rings is 1. The first-order valence-corrected chi connectivity index (χ1v) is 6.48. The average molecular weight is 223 g/mol. The van der Waals surface area contributed by atoms with Crippen LogP contribution in [0.4, 0.5) is 0 Å². The second-order valence-electron chi connectivity index (χ2n) is 5.44. The Hall–Kier alpha value is -0.860. The van der Waals surface area contributed by atoms with Crippen molar-refractivity contribution in [2.75, 3.05) is 0 Å². The van der Waals surface area contributed by atoms with Gasteiger partial charge >= 0.3 is 0 Å². The molecule has 2 aliphatic rings. The third-order valence-electron chi connectivity index (χ3n) is 4.44. The summed E-state index contributed by atoms with van der Waals surface area (Å²) in [6.07, 6.45) is 8.82. The van der Waals surface area contributed by atoms with Crippen molar-refractivity contribution in [1.29, 1.82) is 0 Å². The first kappa shape index (κ1) is 11.6. The molecule has 16 heavy (non-hydrogen) atoms. The molecule has 1 saturated carbocycles. The minimum absolute atomic E-state index is 0.00306. The minimum Gasteiger partial charge on any atom is -0.296 e. The summed E-state index contributed by atoms with van der Waals surface area (Å²) in [7, 11) is 0. The maximum absolute atomic E-state index is 11.7. The molecule has 1 aliphatic carbocycles. The van der Waals surface area contributed by atoms with E-state index in [0.29, 0.717) is 6.42 Å². The normalized spacial score (nSPS) is 30.7. The molecule has 90 valence electrons. The van der Waals surface area contributed by atoms with Crippen molar-refractivity contribution in [3.8, 4) is 0 Å². The van der Waals surface area contributed by atoms with Gasteiger partial charge in [-0.25, -0.2) is 0 Å². The van der Waals surface area contributed by atoms with E-state index in [1.165, 1.54) is 32.1 Å². The number of carbonyl (C=O) groups excluding carboxylic acids is 2. The van der Waals surface area contributed by atoms with Gasteiger partial charge in [-0.2, -0.15) is 0 Å². The zero-order valence-electron chi connectivity index (χ0n) is 10.1. The Morgan fingerprint density at radius 1 is 1.06 bits per heavy atom. The summed E-state index contributed by atoms with van der Waals surface area (Å²) in [5.41, 5.74) is -0.0279. The number of amides is 2. The number of carbonyl (C=O) groups is 2. The van der Waals surface area contributed by atoms with Crippen molar-refractivity contribution < 1.29 is 9.59 Å². The molecule has 1 unspecified atom stereocenters. The van der Waals surface area contributed by atoms with Gasteiger partial charge in [-0.15, -0.1) is 0 Å². The molecule has 2 rings (SSSR count). The van der Waals surface area contributed by atoms with Gasteiger partial charge in [0.25, 0.3) is 0 Å². The predicted octanol–water partition coefficient (Wildman–Crippen LogP) is 2.40. The fraction of sp³-hybridized carbons (Fsp3) is 0.846. The van der Waals surface area contributed by atoms with Crippen LogP contribution < -0.4 is 5.32 Å². The van der Waals surface area contributed by atoms with Gasteiger partial charge < -0.3 is 0 Å². The van der Waals surface area contributed by atoms with Crippen molar-refractivity contribution in [2.24, 2.45) is 11.3 Å². The van der Waals surface area contributed by atoms with Gasteiger partial charge in [0.05, 0.1) is 0 Å². The molecule has 0 aromatic heterocycles. The molecule has 0 radical (unpaired) electrons. The number of imide groups is 1. The predicted molar refractivity (Wildman–Crippen MR) is 61.7 cm³/mol. The quantitative estimate of drug-likeness (QED) is 0.641. The molecule has 1 N–H and O–H groups in total. The van der Waals surface area contributed by atoms with E-state index in [9.17, 15) is 9.59 Å². The van der Waals surface area contributed by atoms with E-state index in [0.717, 1.165) is 12.8 Å². The first-order chi connectivity index (χ1) is 7.64. The number of nitrogens with one attached hydrogen (secondary N) is 1. The van der Waals surface area contributed by atoms with Crippen molar-refractivity contribution in [3.63, 3.8) is 0 Å². The van der Waals surface area contributed by atoms with Crippen LogP contribution in [0.2, 0.25) is 0 Å². The Morgan fingerprint density at radius 2 is 1.62 bits per heavy atom. The summed E-state index contributed by atoms with van der Waals surface area (Å²) in [6, 6.07) is 0. The lowest BCUT2D eigenvalue weighted by Crippen LogP contribution is -2.51. The number of rotatable bonds is 0. The summed E-state index contributed by atoms with van der Waals surface area (Å²) in [4.78, 5) is 23.3. The molecule has 0 aromatic rings. The molecule has 1 aliphatic heterocycles. The second-order valence-corrected chi connectivity index (χ2v) is 5.44. The van der Waals surface area contributed by atoms with Crippen LogP contribution in [-0.4, -0.2) is 11.8 Å². The van der Waals surface area contributed by atoms with Crippen LogP contribution in [0.15, 0.2) is 0 Å². The van der Waals surface area contributed by atoms with E-state index in [1.54, 1.807) is 0 Å². The van der Waals surface area contributed by atoms with Gasteiger partial charge in [0.1, 0.15) is 0 Å². The van der Waals surface area contributed by atoms with Gasteiger partial charge in [-0.3, -0.25) is 14.9 Å². The van der Waals surface area contributed by atoms with E-state index >= 15 is 0 Å². The van der Waals surface area contributed by atoms with Gasteiger partial charge in [0.15, 0.2) is 0 Å². The third-order valence-corrected chi connectivity index (χ3v) is 4.44. The molecule has 1 atom stereocenters. The van der Waals surface area contributed by atoms with E-state index in [1.807, 2.05) is 6.92 Å². The van der Waals surface area contributed by atoms with Crippen LogP contribution in [0.1, 0.15) is 58.3 Å². The Morgan fingerprint density at radius 3 is 2.25 bits per heavy atom. The lowest BCUT2D eigenvalue weighted by atomic mass is 9.64. The fourth-order valence-electron chi connectivity index (χ4n) is 3.26. The average Bonchev–Trinajstić information content (AvgIpc) is 2.19. The van der Waals surface area contributed by atoms with Crippen LogP contribution in [0, 0.1) is 11.3 Å². The van der Waals surface area contributed by atoms with E-state index in [4.69, 9.17) is 0 Å². The molecular formula is C13H21NO2. The Balaban J connectivity index is 2.17. The van der Waals surface area contributed by atoms with Crippen LogP contribution >= 0.6 is 0 Å². The highest BCUT2D eigenvalue weighted by atomic mass is 16.2. The first-order valence-electron chi connectivity index (χ1n) is 6.48. The lowest BCUT2D eigenvalue weighted by molar-refractivity contribution is -0.144. The SMILES string of the molecule is CC1C(=O)NC(=O)CC12CCCCCCC2. The molecule has 2 amide bonds. The second kappa shape index (κ2) is 4.56. The minimum atomic E-state index is -0.0660. The smallest absolute Gasteiger partial charge is 0.229 e. The fourth-order valence-corrected chi connectivity index (χ4v) is 3.26. The van der Waals surface area contributed by atoms with Gasteiger partial charge in [0, 0.05) is 12.3 Å². The van der Waals surface area contributed by atoms with Gasteiger partial charge in [0.2, 0.25) is 11.8 Å². The molecule has 1 spiro atoms. The van der Waals surface area contributed by atoms with E-state index < -0.39 is 0 Å². The van der Waals surface area contributed by atoms with E-state index in [2.05, 4.69) is 5.32 Å². The number of hydrogen-bond donors (Lipinski definition) is 1. The monoisotopic (exact) mass is 223 g/mol. The van der Waals surface area contributed by atoms with Crippen molar-refractivity contribution in [2.45, 2.75) is 58.3 Å². The maximum atomic E-state index is 11.7. The van der Waals surface area contributed by atoms with Crippen molar-refractivity contribution in [1.82, 2.24) is 5.32 Å². The molecular weight excluding hydrogens is 202 g/mol. The zero-order valence-corrected chi connectivity index (χ0v) is 10.1. The highest BCUT2D eigenvalue weighted by Crippen LogP contribution is 2.45.